The van der Waals surface area contributed by atoms with Crippen LogP contribution < -0.4 is 0 Å². The molecule has 0 saturated carbocycles. The van der Waals surface area contributed by atoms with Gasteiger partial charge in [0.25, 0.3) is 0 Å². The zero-order valence-corrected chi connectivity index (χ0v) is 17.2. The third kappa shape index (κ3) is 31.2. The summed E-state index contributed by atoms with van der Waals surface area (Å²) in [5.74, 6) is -4.71. The van der Waals surface area contributed by atoms with E-state index in [0.29, 0.717) is 0 Å². The summed E-state index contributed by atoms with van der Waals surface area (Å²) in [6.45, 7) is 4.90. The van der Waals surface area contributed by atoms with Gasteiger partial charge in [0, 0.05) is 21.7 Å². The average Bonchev–Trinajstić information content (AvgIpc) is 2.66. The van der Waals surface area contributed by atoms with Crippen molar-refractivity contribution in [3.8, 4) is 0 Å². The van der Waals surface area contributed by atoms with E-state index in [0.717, 1.165) is 0 Å². The quantitative estimate of drug-likeness (QED) is 0.129. The monoisotopic (exact) mass is 472 g/mol. The SMILES string of the molecule is CC(OO)C(=O)O.CC(OO)C(=O)O.CC(OO)C(=O)O.CC(OO)C(=O)O.[Ti]. The number of hydrogen-bond acceptors (Lipinski definition) is 12. The zero-order valence-electron chi connectivity index (χ0n) is 15.7. The normalized spacial score (nSPS) is 13.0. The fraction of sp³-hybridized carbons (Fsp3) is 0.667. The van der Waals surface area contributed by atoms with Gasteiger partial charge in [0.2, 0.25) is 0 Å². The van der Waals surface area contributed by atoms with Crippen LogP contribution in [0, 0.1) is 0 Å². The van der Waals surface area contributed by atoms with Gasteiger partial charge >= 0.3 is 23.9 Å². The summed E-state index contributed by atoms with van der Waals surface area (Å²) < 4.78 is 0. The largest absolute Gasteiger partial charge is 0.479 e. The fourth-order valence-electron chi connectivity index (χ4n) is 0.180. The van der Waals surface area contributed by atoms with Crippen molar-refractivity contribution < 1.29 is 102 Å². The molecule has 0 aliphatic rings. The first-order chi connectivity index (χ1) is 12.7. The van der Waals surface area contributed by atoms with Crippen molar-refractivity contribution in [2.45, 2.75) is 52.1 Å². The van der Waals surface area contributed by atoms with Crippen molar-refractivity contribution >= 4 is 23.9 Å². The van der Waals surface area contributed by atoms with Gasteiger partial charge in [0.1, 0.15) is 0 Å². The van der Waals surface area contributed by atoms with Gasteiger partial charge < -0.3 is 20.4 Å². The van der Waals surface area contributed by atoms with Gasteiger partial charge in [-0.1, -0.05) is 0 Å². The maximum absolute atomic E-state index is 9.65. The van der Waals surface area contributed by atoms with E-state index in [9.17, 15) is 19.2 Å². The van der Waals surface area contributed by atoms with E-state index in [4.69, 9.17) is 41.5 Å². The van der Waals surface area contributed by atoms with E-state index in [-0.39, 0.29) is 21.7 Å². The summed E-state index contributed by atoms with van der Waals surface area (Å²) in [5.41, 5.74) is 0. The third-order valence-corrected chi connectivity index (χ3v) is 2.02. The van der Waals surface area contributed by atoms with Crippen LogP contribution in [0.4, 0.5) is 0 Å². The summed E-state index contributed by atoms with van der Waals surface area (Å²) >= 11 is 0. The van der Waals surface area contributed by atoms with Crippen LogP contribution in [0.1, 0.15) is 27.7 Å². The van der Waals surface area contributed by atoms with Crippen LogP contribution in [0.5, 0.6) is 0 Å². The Balaban J connectivity index is -0.0000000873. The maximum atomic E-state index is 9.65. The molecule has 0 aromatic carbocycles. The van der Waals surface area contributed by atoms with Crippen LogP contribution in [0.3, 0.4) is 0 Å². The smallest absolute Gasteiger partial charge is 0.335 e. The second-order valence-corrected chi connectivity index (χ2v) is 4.34. The molecule has 0 aliphatic carbocycles. The predicted molar refractivity (Wildman–Crippen MR) is 83.2 cm³/mol. The van der Waals surface area contributed by atoms with Crippen LogP contribution in [-0.2, 0) is 60.4 Å². The van der Waals surface area contributed by atoms with Crippen LogP contribution in [0.25, 0.3) is 0 Å². The Hall–Kier alpha value is -1.73. The summed E-state index contributed by atoms with van der Waals surface area (Å²) in [5, 5.41) is 62.1. The standard InChI is InChI=1S/4C3H6O4.Ti/c4*1-2(7-6)3(4)5;/h4*2,6H,1H3,(H,4,5);. The van der Waals surface area contributed by atoms with Crippen molar-refractivity contribution in [2.75, 3.05) is 0 Å². The van der Waals surface area contributed by atoms with Gasteiger partial charge in [-0.3, -0.25) is 21.0 Å². The predicted octanol–water partition coefficient (Wildman–Crippen LogP) is -0.206. The van der Waals surface area contributed by atoms with Crippen molar-refractivity contribution in [1.82, 2.24) is 0 Å². The Bertz CT molecular complexity index is 364. The summed E-state index contributed by atoms with van der Waals surface area (Å²) in [7, 11) is 0. The molecule has 0 amide bonds. The minimum atomic E-state index is -1.18. The second kappa shape index (κ2) is 24.3. The second-order valence-electron chi connectivity index (χ2n) is 4.34. The minimum absolute atomic E-state index is 0. The third-order valence-electron chi connectivity index (χ3n) is 2.02. The molecule has 29 heavy (non-hydrogen) atoms. The van der Waals surface area contributed by atoms with Crippen molar-refractivity contribution in [2.24, 2.45) is 0 Å². The molecule has 4 atom stereocenters. The Kier molecular flexibility index (Phi) is 31.8. The number of aliphatic carboxylic acids is 4. The van der Waals surface area contributed by atoms with Gasteiger partial charge in [-0.2, -0.15) is 0 Å². The summed E-state index contributed by atoms with van der Waals surface area (Å²) in [4.78, 5) is 52.2. The molecule has 0 fully saturated rings. The summed E-state index contributed by atoms with van der Waals surface area (Å²) in [6, 6.07) is 0. The van der Waals surface area contributed by atoms with Crippen molar-refractivity contribution in [3.63, 3.8) is 0 Å². The van der Waals surface area contributed by atoms with E-state index in [1.807, 2.05) is 0 Å². The van der Waals surface area contributed by atoms with Gasteiger partial charge in [-0.05, 0) is 27.7 Å². The topological polar surface area (TPSA) is 267 Å². The Morgan fingerprint density at radius 2 is 0.586 bits per heavy atom. The van der Waals surface area contributed by atoms with E-state index < -0.39 is 48.3 Å². The van der Waals surface area contributed by atoms with Gasteiger partial charge in [-0.15, -0.1) is 0 Å². The van der Waals surface area contributed by atoms with Gasteiger partial charge in [0.15, 0.2) is 24.4 Å². The molecule has 0 aromatic rings. The number of hydrogen-bond donors (Lipinski definition) is 8. The minimum Gasteiger partial charge on any atom is -0.479 e. The molecule has 0 spiro atoms. The first-order valence-corrected chi connectivity index (χ1v) is 6.85. The molecule has 0 rings (SSSR count). The van der Waals surface area contributed by atoms with E-state index in [1.54, 1.807) is 0 Å². The number of carbonyl (C=O) groups is 4. The van der Waals surface area contributed by atoms with E-state index in [2.05, 4.69) is 19.6 Å². The molecular formula is C12H24O16Ti. The fourth-order valence-corrected chi connectivity index (χ4v) is 0.180. The van der Waals surface area contributed by atoms with Crippen LogP contribution in [0.15, 0.2) is 0 Å². The van der Waals surface area contributed by atoms with Crippen LogP contribution in [-0.4, -0.2) is 89.7 Å². The van der Waals surface area contributed by atoms with Crippen molar-refractivity contribution in [1.29, 1.82) is 0 Å². The zero-order chi connectivity index (χ0) is 23.4. The molecule has 16 nitrogen and oxygen atoms in total. The van der Waals surface area contributed by atoms with Crippen molar-refractivity contribution in [3.05, 3.63) is 0 Å². The van der Waals surface area contributed by atoms with Crippen LogP contribution >= 0.6 is 0 Å². The Labute approximate surface area is 178 Å². The molecule has 0 bridgehead atoms. The molecule has 4 unspecified atom stereocenters. The molecule has 0 aromatic heterocycles. The Morgan fingerprint density at radius 1 is 0.483 bits per heavy atom. The molecule has 8 N–H and O–H groups in total. The van der Waals surface area contributed by atoms with Crippen LogP contribution in [0.2, 0.25) is 0 Å². The molecule has 0 aliphatic heterocycles. The molecule has 0 saturated heterocycles. The first kappa shape index (κ1) is 37.9. The van der Waals surface area contributed by atoms with Gasteiger partial charge in [-0.25, -0.2) is 38.7 Å². The number of rotatable bonds is 8. The van der Waals surface area contributed by atoms with E-state index >= 15 is 0 Å². The van der Waals surface area contributed by atoms with E-state index in [1.165, 1.54) is 27.7 Å². The molecular weight excluding hydrogens is 448 g/mol. The molecule has 0 heterocycles. The first-order valence-electron chi connectivity index (χ1n) is 6.85. The Morgan fingerprint density at radius 3 is 0.586 bits per heavy atom. The maximum Gasteiger partial charge on any atom is 0.335 e. The number of carboxylic acid groups (broad SMARTS) is 4. The molecule has 17 heteroatoms. The average molecular weight is 472 g/mol. The summed E-state index contributed by atoms with van der Waals surface area (Å²) in [6.07, 6.45) is -4.50. The molecule has 0 radical (unpaired) electrons. The van der Waals surface area contributed by atoms with Gasteiger partial charge in [0.05, 0.1) is 0 Å². The molecule has 172 valence electrons. The number of carboxylic acids is 4.